The summed E-state index contributed by atoms with van der Waals surface area (Å²) in [6, 6.07) is 5.77. The van der Waals surface area contributed by atoms with Gasteiger partial charge in [-0.25, -0.2) is 4.39 Å². The molecule has 0 aromatic heterocycles. The van der Waals surface area contributed by atoms with Crippen molar-refractivity contribution in [2.24, 2.45) is 0 Å². The van der Waals surface area contributed by atoms with Crippen LogP contribution in [-0.4, -0.2) is 54.8 Å². The molecule has 0 bridgehead atoms. The molecule has 1 saturated heterocycles. The topological polar surface area (TPSA) is 90.5 Å². The molecule has 7 nitrogen and oxygen atoms in total. The number of piperazine rings is 1. The van der Waals surface area contributed by atoms with Crippen molar-refractivity contribution in [2.45, 2.75) is 32.4 Å². The molecule has 1 aromatic rings. The smallest absolute Gasteiger partial charge is 0.237 e. The van der Waals surface area contributed by atoms with E-state index in [-0.39, 0.29) is 36.5 Å². The van der Waals surface area contributed by atoms with Gasteiger partial charge in [0.1, 0.15) is 5.82 Å². The maximum atomic E-state index is 13.9. The lowest BCUT2D eigenvalue weighted by atomic mass is 10.1. The highest BCUT2D eigenvalue weighted by Crippen LogP contribution is 2.16. The normalized spacial score (nSPS) is 17.5. The molecule has 0 aliphatic carbocycles. The Hall–Kier alpha value is -2.48. The van der Waals surface area contributed by atoms with E-state index in [0.29, 0.717) is 38.2 Å². The van der Waals surface area contributed by atoms with E-state index < -0.39 is 6.04 Å². The van der Waals surface area contributed by atoms with Gasteiger partial charge in [0.05, 0.1) is 12.5 Å². The molecule has 0 radical (unpaired) electrons. The monoisotopic (exact) mass is 364 g/mol. The molecule has 1 aliphatic rings. The minimum Gasteiger partial charge on any atom is -0.354 e. The quantitative estimate of drug-likeness (QED) is 0.573. The molecule has 8 heteroatoms. The van der Waals surface area contributed by atoms with Crippen molar-refractivity contribution in [2.75, 3.05) is 26.2 Å². The van der Waals surface area contributed by atoms with E-state index in [2.05, 4.69) is 16.0 Å². The number of carbonyl (C=O) groups is 3. The first-order valence-electron chi connectivity index (χ1n) is 8.79. The van der Waals surface area contributed by atoms with Crippen molar-refractivity contribution in [3.63, 3.8) is 0 Å². The Kier molecular flexibility index (Phi) is 7.53. The number of nitrogens with one attached hydrogen (secondary N) is 3. The Morgan fingerprint density at radius 3 is 2.62 bits per heavy atom. The molecule has 1 heterocycles. The minimum absolute atomic E-state index is 0.0119. The van der Waals surface area contributed by atoms with Crippen molar-refractivity contribution in [1.82, 2.24) is 20.9 Å². The largest absolute Gasteiger partial charge is 0.354 e. The summed E-state index contributed by atoms with van der Waals surface area (Å²) in [6.07, 6.45) is 0.378. The maximum absolute atomic E-state index is 13.9. The summed E-state index contributed by atoms with van der Waals surface area (Å²) < 4.78 is 13.9. The van der Waals surface area contributed by atoms with Gasteiger partial charge in [-0.15, -0.1) is 0 Å². The van der Waals surface area contributed by atoms with E-state index >= 15 is 0 Å². The van der Waals surface area contributed by atoms with Gasteiger partial charge >= 0.3 is 0 Å². The summed E-state index contributed by atoms with van der Waals surface area (Å²) in [5, 5.41) is 8.10. The van der Waals surface area contributed by atoms with Crippen LogP contribution in [0.1, 0.15) is 25.3 Å². The Bertz CT molecular complexity index is 653. The molecule has 142 valence electrons. The van der Waals surface area contributed by atoms with Crippen molar-refractivity contribution in [3.8, 4) is 0 Å². The Morgan fingerprint density at radius 2 is 1.92 bits per heavy atom. The molecule has 3 N–H and O–H groups in total. The van der Waals surface area contributed by atoms with Gasteiger partial charge in [-0.05, 0) is 6.07 Å². The lowest BCUT2D eigenvalue weighted by molar-refractivity contribution is -0.134. The lowest BCUT2D eigenvalue weighted by Gasteiger charge is -2.34. The fourth-order valence-electron chi connectivity index (χ4n) is 2.80. The molecule has 0 spiro atoms. The fraction of sp³-hybridized carbons (Fsp3) is 0.500. The number of carbonyl (C=O) groups excluding carboxylic acids is 3. The number of hydrogen-bond donors (Lipinski definition) is 3. The number of benzene rings is 1. The number of halogens is 1. The van der Waals surface area contributed by atoms with Crippen LogP contribution in [-0.2, 0) is 20.9 Å². The Morgan fingerprint density at radius 1 is 1.23 bits per heavy atom. The summed E-state index contributed by atoms with van der Waals surface area (Å²) >= 11 is 0. The molecule has 0 saturated carbocycles. The highest BCUT2D eigenvalue weighted by Gasteiger charge is 2.31. The number of hydrogen-bond acceptors (Lipinski definition) is 4. The van der Waals surface area contributed by atoms with Gasteiger partial charge in [0.2, 0.25) is 17.7 Å². The van der Waals surface area contributed by atoms with Gasteiger partial charge in [0.25, 0.3) is 0 Å². The van der Waals surface area contributed by atoms with E-state index in [1.807, 2.05) is 4.90 Å². The van der Waals surface area contributed by atoms with Crippen molar-refractivity contribution in [3.05, 3.63) is 35.6 Å². The van der Waals surface area contributed by atoms with Crippen LogP contribution in [0.3, 0.4) is 0 Å². The molecular weight excluding hydrogens is 339 g/mol. The molecule has 1 aromatic carbocycles. The zero-order valence-electron chi connectivity index (χ0n) is 14.9. The predicted molar refractivity (Wildman–Crippen MR) is 94.5 cm³/mol. The van der Waals surface area contributed by atoms with Gasteiger partial charge < -0.3 is 16.0 Å². The summed E-state index contributed by atoms with van der Waals surface area (Å²) in [7, 11) is 0. The van der Waals surface area contributed by atoms with Gasteiger partial charge in [-0.3, -0.25) is 19.3 Å². The van der Waals surface area contributed by atoms with Crippen molar-refractivity contribution in [1.29, 1.82) is 0 Å². The first-order valence-corrected chi connectivity index (χ1v) is 8.79. The molecule has 26 heavy (non-hydrogen) atoms. The molecule has 1 fully saturated rings. The highest BCUT2D eigenvalue weighted by molar-refractivity contribution is 5.88. The van der Waals surface area contributed by atoms with E-state index in [0.717, 1.165) is 0 Å². The van der Waals surface area contributed by atoms with Gasteiger partial charge in [0, 0.05) is 44.7 Å². The molecule has 0 unspecified atom stereocenters. The second-order valence-corrected chi connectivity index (χ2v) is 6.13. The molecule has 2 rings (SSSR count). The van der Waals surface area contributed by atoms with Crippen LogP contribution in [0, 0.1) is 5.82 Å². The van der Waals surface area contributed by atoms with E-state index in [1.54, 1.807) is 25.1 Å². The summed E-state index contributed by atoms with van der Waals surface area (Å²) in [6.45, 7) is 3.67. The third-order valence-electron chi connectivity index (χ3n) is 4.24. The first kappa shape index (κ1) is 19.8. The molecular formula is C18H25FN4O3. The van der Waals surface area contributed by atoms with Crippen LogP contribution in [0.2, 0.25) is 0 Å². The van der Waals surface area contributed by atoms with E-state index in [4.69, 9.17) is 0 Å². The van der Waals surface area contributed by atoms with Gasteiger partial charge in [-0.1, -0.05) is 25.1 Å². The molecule has 3 amide bonds. The second kappa shape index (κ2) is 9.86. The van der Waals surface area contributed by atoms with Crippen LogP contribution >= 0.6 is 0 Å². The zero-order chi connectivity index (χ0) is 18.9. The average Bonchev–Trinajstić information content (AvgIpc) is 2.63. The fourth-order valence-corrected chi connectivity index (χ4v) is 2.80. The number of nitrogens with zero attached hydrogens (tertiary/aromatic N) is 1. The number of amides is 3. The van der Waals surface area contributed by atoms with Crippen molar-refractivity contribution >= 4 is 17.7 Å². The second-order valence-electron chi connectivity index (χ2n) is 6.13. The van der Waals surface area contributed by atoms with Gasteiger partial charge in [0.15, 0.2) is 0 Å². The van der Waals surface area contributed by atoms with Crippen LogP contribution in [0.25, 0.3) is 0 Å². The van der Waals surface area contributed by atoms with E-state index in [1.165, 1.54) is 6.07 Å². The zero-order valence-corrected chi connectivity index (χ0v) is 14.9. The third kappa shape index (κ3) is 5.80. The Balaban J connectivity index is 1.89. The van der Waals surface area contributed by atoms with Gasteiger partial charge in [-0.2, -0.15) is 0 Å². The lowest BCUT2D eigenvalue weighted by Crippen LogP contribution is -2.56. The maximum Gasteiger partial charge on any atom is 0.237 e. The van der Waals surface area contributed by atoms with Crippen LogP contribution in [0.5, 0.6) is 0 Å². The highest BCUT2D eigenvalue weighted by atomic mass is 19.1. The van der Waals surface area contributed by atoms with Crippen LogP contribution < -0.4 is 16.0 Å². The van der Waals surface area contributed by atoms with Crippen LogP contribution in [0.15, 0.2) is 24.3 Å². The molecule has 1 aliphatic heterocycles. The number of rotatable bonds is 8. The Labute approximate surface area is 152 Å². The summed E-state index contributed by atoms with van der Waals surface area (Å²) in [5.74, 6) is -0.923. The summed E-state index contributed by atoms with van der Waals surface area (Å²) in [4.78, 5) is 37.3. The summed E-state index contributed by atoms with van der Waals surface area (Å²) in [5.41, 5.74) is 0.495. The average molecular weight is 364 g/mol. The standard InChI is InChI=1S/C18H25FN4O3/c1-2-16(24)20-7-8-21-17(25)11-15-18(26)22-9-10-23(15)12-13-5-3-4-6-14(13)19/h3-6,15H,2,7-12H2,1H3,(H,20,24)(H,21,25)(H,22,26)/t15-/m1/s1. The minimum atomic E-state index is -0.645. The van der Waals surface area contributed by atoms with E-state index in [9.17, 15) is 18.8 Å². The first-order chi connectivity index (χ1) is 12.5. The molecule has 1 atom stereocenters. The van der Waals surface area contributed by atoms with Crippen molar-refractivity contribution < 1.29 is 18.8 Å². The third-order valence-corrected chi connectivity index (χ3v) is 4.24. The SMILES string of the molecule is CCC(=O)NCCNC(=O)C[C@@H]1C(=O)NCCN1Cc1ccccc1F. The predicted octanol–water partition coefficient (Wildman–Crippen LogP) is 0.159. The van der Waals surface area contributed by atoms with Crippen LogP contribution in [0.4, 0.5) is 4.39 Å².